The quantitative estimate of drug-likeness (QED) is 0.00892. The third-order valence-electron chi connectivity index (χ3n) is 25.5. The first-order chi connectivity index (χ1) is 66.9. The molecule has 0 radical (unpaired) electrons. The van der Waals surface area contributed by atoms with Gasteiger partial charge in [0.2, 0.25) is 70.9 Å². The Bertz CT molecular complexity index is 5220. The molecule has 0 aromatic heterocycles. The fourth-order valence-corrected chi connectivity index (χ4v) is 19.3. The number of nitrogens with zero attached hydrogens (tertiary/aromatic N) is 7. The van der Waals surface area contributed by atoms with Crippen LogP contribution in [0.3, 0.4) is 0 Å². The van der Waals surface area contributed by atoms with Crippen LogP contribution in [0.1, 0.15) is 181 Å². The van der Waals surface area contributed by atoms with Gasteiger partial charge in [-0.25, -0.2) is 4.79 Å². The van der Waals surface area contributed by atoms with Gasteiger partial charge in [0.1, 0.15) is 77.4 Å². The largest absolute Gasteiger partial charge is 0.443 e. The lowest BCUT2D eigenvalue weighted by atomic mass is 9.79. The minimum absolute atomic E-state index is 0.0458. The number of piperidine rings is 1. The summed E-state index contributed by atoms with van der Waals surface area (Å²) in [5.74, 6) is -10.0. The Hall–Kier alpha value is -12.4. The lowest BCUT2D eigenvalue weighted by molar-refractivity contribution is -0.149. The molecule has 7 aromatic carbocycles. The second-order valence-corrected chi connectivity index (χ2v) is 41.4. The van der Waals surface area contributed by atoms with E-state index in [1.807, 2.05) is 139 Å². The lowest BCUT2D eigenvalue weighted by Crippen LogP contribution is -2.61. The van der Waals surface area contributed by atoms with Crippen molar-refractivity contribution in [3.8, 4) is 5.75 Å². The number of ether oxygens (including phenoxy) is 3. The topological polar surface area (TPSA) is 362 Å². The first-order valence-corrected chi connectivity index (χ1v) is 51.1. The zero-order chi connectivity index (χ0) is 104. The summed E-state index contributed by atoms with van der Waals surface area (Å²) in [6.45, 7) is 26.3. The predicted octanol–water partition coefficient (Wildman–Crippen LogP) is 12.5. The van der Waals surface area contributed by atoms with Crippen molar-refractivity contribution in [2.75, 3.05) is 74.2 Å². The van der Waals surface area contributed by atoms with Gasteiger partial charge in [-0.05, 0) is 142 Å². The monoisotopic (exact) mass is 1970 g/mol. The number of carbonyl (C=O) groups excluding carboxylic acids is 14. The maximum atomic E-state index is 15.6. The summed E-state index contributed by atoms with van der Waals surface area (Å²) in [5, 5.41) is 16.8. The van der Waals surface area contributed by atoms with Gasteiger partial charge in [-0.3, -0.25) is 67.2 Å². The number of amides is 13. The van der Waals surface area contributed by atoms with Crippen molar-refractivity contribution in [3.63, 3.8) is 0 Å². The minimum atomic E-state index is -1.75. The highest BCUT2D eigenvalue weighted by atomic mass is 33.1. The van der Waals surface area contributed by atoms with Gasteiger partial charge in [0.05, 0.1) is 30.5 Å². The number of hydrogen-bond acceptors (Lipinski definition) is 19. The molecule has 30 nitrogen and oxygen atoms in total. The molecule has 0 saturated carbocycles. The lowest BCUT2D eigenvalue weighted by Gasteiger charge is -2.40. The molecule has 141 heavy (non-hydrogen) atoms. The number of rotatable bonds is 50. The van der Waals surface area contributed by atoms with E-state index < -0.39 is 186 Å². The fraction of sp³-hybridized carbons (Fsp3) is 0.486. The summed E-state index contributed by atoms with van der Waals surface area (Å²) in [7, 11) is 11.3. The molecule has 1 aliphatic heterocycles. The molecule has 0 unspecified atom stereocenters. The van der Waals surface area contributed by atoms with Crippen LogP contribution >= 0.6 is 21.6 Å². The van der Waals surface area contributed by atoms with Gasteiger partial charge in [-0.1, -0.05) is 278 Å². The summed E-state index contributed by atoms with van der Waals surface area (Å²) in [6.07, 6.45) is 0.666. The summed E-state index contributed by atoms with van der Waals surface area (Å²) in [6, 6.07) is 48.5. The first kappa shape index (κ1) is 114. The third kappa shape index (κ3) is 32.6. The number of hydrogen-bond donors (Lipinski definition) is 6. The molecule has 6 N–H and O–H groups in total. The van der Waals surface area contributed by atoms with Crippen LogP contribution in [-0.4, -0.2) is 264 Å². The van der Waals surface area contributed by atoms with E-state index in [9.17, 15) is 47.9 Å². The fourth-order valence-electron chi connectivity index (χ4n) is 17.5. The molecule has 1 saturated heterocycles. The number of likely N-dealkylation sites (N-methyl/N-ethyl adjacent to an activating group) is 6. The number of nitrogens with one attached hydrogen (secondary N) is 6. The van der Waals surface area contributed by atoms with E-state index in [0.29, 0.717) is 40.2 Å². The van der Waals surface area contributed by atoms with Crippen molar-refractivity contribution < 1.29 is 81.3 Å². The van der Waals surface area contributed by atoms with Gasteiger partial charge >= 0.3 is 12.1 Å². The Morgan fingerprint density at radius 2 is 0.879 bits per heavy atom. The molecule has 762 valence electrons. The number of para-hydroxylation sites is 1. The van der Waals surface area contributed by atoms with Crippen LogP contribution in [0.4, 0.5) is 4.79 Å². The van der Waals surface area contributed by atoms with Gasteiger partial charge in [0.15, 0.2) is 0 Å². The number of esters is 1. The van der Waals surface area contributed by atoms with Crippen LogP contribution in [0.5, 0.6) is 5.75 Å². The van der Waals surface area contributed by atoms with Crippen molar-refractivity contribution in [1.82, 2.24) is 66.2 Å². The Balaban J connectivity index is 0.945. The van der Waals surface area contributed by atoms with Gasteiger partial charge in [0, 0.05) is 86.8 Å². The highest BCUT2D eigenvalue weighted by molar-refractivity contribution is 8.76. The standard InChI is InChI=1S/C109H147N13O17S2/c1-22-140-141-90-58-44-45-74(10)96(90)137-93(125)66-85(104(133)119(19)88(65-80-50-34-25-35-51-80)101(130)112-76(12)103(132)122-59-42-29-43-60-122)114-98(127)84(63-78-46-30-23-31-47-78)113-102(131)95(73(8)9)121(21)105(134)89(62-71(4)5)118(18)92(124)69-111-100(129)87(64-79-48-32-24-33-49-79)117(17)91(123)68-110-99(128)86(61-70(2)3)120(20)106(135)94(72(6)7)115-97(126)77(13)116(16)107(136)139-108(14,15)67-75(11)138-109(81-52-36-26-37-53-81,82-54-38-27-39-55-82)83-56-40-28-41-57-83/h23-28,30-41,44-58,70-73,75-77,84-89,94-95H,22,29,42-43,59-69H2,1-21H3,(H,110,128)(H,111,129)(H,112,130)(H,113,131)(H,114,127)(H,115,126)/t75-,76+,77+,84+,85+,86+,87+,88+,89+,94+,95+/m1/s1. The second-order valence-electron chi connectivity index (χ2n) is 38.7. The normalized spacial score (nSPS) is 14.5. The Morgan fingerprint density at radius 3 is 1.35 bits per heavy atom. The summed E-state index contributed by atoms with van der Waals surface area (Å²) in [4.78, 5) is 216. The summed E-state index contributed by atoms with van der Waals surface area (Å²) in [5.41, 5.74) is 2.99. The van der Waals surface area contributed by atoms with E-state index in [1.54, 1.807) is 163 Å². The molecule has 0 bridgehead atoms. The van der Waals surface area contributed by atoms with E-state index in [1.165, 1.54) is 85.5 Å². The molecular weight excluding hydrogens is 1830 g/mol. The molecule has 8 rings (SSSR count). The summed E-state index contributed by atoms with van der Waals surface area (Å²) >= 11 is 0. The molecule has 1 fully saturated rings. The van der Waals surface area contributed by atoms with E-state index in [2.05, 4.69) is 31.9 Å². The third-order valence-corrected chi connectivity index (χ3v) is 27.9. The SMILES string of the molecule is CCSSc1cccc(C)c1OC(=O)C[C@H](NC(=O)[C@H](Cc1ccccc1)NC(=O)[C@H](C(C)C)N(C)C(=O)[C@H](CC(C)C)N(C)C(=O)CNC(=O)[C@H](Cc1ccccc1)N(C)C(=O)CNC(=O)[C@H](CC(C)C)N(C)C(=O)[C@@H](NC(=O)[C@H](C)N(C)C(=O)OC(C)(C)C[C@@H](C)OC(c1ccccc1)(c1ccccc1)c1ccccc1)C(C)C)C(=O)N(C)[C@@H](Cc1ccccc1)C(=O)N[C@@H](C)C(=O)N1CCCCC1. The Kier molecular flexibility index (Phi) is 44.0. The van der Waals surface area contributed by atoms with Crippen molar-refractivity contribution in [2.24, 2.45) is 23.7 Å². The smallest absolute Gasteiger partial charge is 0.410 e. The van der Waals surface area contributed by atoms with E-state index in [4.69, 9.17) is 14.2 Å². The zero-order valence-electron chi connectivity index (χ0n) is 85.7. The average molecular weight is 1980 g/mol. The maximum absolute atomic E-state index is 15.6. The molecule has 11 atom stereocenters. The molecule has 0 aliphatic carbocycles. The number of aryl methyl sites for hydroxylation is 1. The number of benzene rings is 7. The molecule has 32 heteroatoms. The van der Waals surface area contributed by atoms with E-state index in [-0.39, 0.29) is 62.0 Å². The highest BCUT2D eigenvalue weighted by Crippen LogP contribution is 2.43. The van der Waals surface area contributed by atoms with Crippen LogP contribution in [-0.2, 0) is 96.7 Å². The molecule has 7 aromatic rings. The van der Waals surface area contributed by atoms with Gasteiger partial charge < -0.3 is 75.5 Å². The summed E-state index contributed by atoms with van der Waals surface area (Å²) < 4.78 is 19.5. The molecule has 0 spiro atoms. The van der Waals surface area contributed by atoms with Crippen LogP contribution in [0.15, 0.2) is 205 Å². The Labute approximate surface area is 840 Å². The minimum Gasteiger partial charge on any atom is -0.443 e. The molecular formula is C109H147N13O17S2. The van der Waals surface area contributed by atoms with Crippen LogP contribution in [0.25, 0.3) is 0 Å². The molecule has 1 aliphatic rings. The van der Waals surface area contributed by atoms with Gasteiger partial charge in [0.25, 0.3) is 0 Å². The van der Waals surface area contributed by atoms with Gasteiger partial charge in [-0.2, -0.15) is 0 Å². The van der Waals surface area contributed by atoms with Gasteiger partial charge in [-0.15, -0.1) is 0 Å². The molecule has 13 amide bonds. The average Bonchev–Trinajstić information content (AvgIpc) is 0.749. The first-order valence-electron chi connectivity index (χ1n) is 48.8. The predicted molar refractivity (Wildman–Crippen MR) is 549 cm³/mol. The second kappa shape index (κ2) is 54.5. The Morgan fingerprint density at radius 1 is 0.433 bits per heavy atom. The van der Waals surface area contributed by atoms with E-state index >= 15 is 19.2 Å². The van der Waals surface area contributed by atoms with Crippen LogP contribution < -0.4 is 36.6 Å². The zero-order valence-corrected chi connectivity index (χ0v) is 87.3. The van der Waals surface area contributed by atoms with Crippen LogP contribution in [0.2, 0.25) is 0 Å². The van der Waals surface area contributed by atoms with Crippen molar-refractivity contribution in [3.05, 3.63) is 239 Å². The van der Waals surface area contributed by atoms with Crippen molar-refractivity contribution >= 4 is 105 Å². The van der Waals surface area contributed by atoms with Crippen molar-refractivity contribution in [1.29, 1.82) is 0 Å². The van der Waals surface area contributed by atoms with Crippen LogP contribution in [0, 0.1) is 30.6 Å². The number of likely N-dealkylation sites (tertiary alicyclic amines) is 1. The van der Waals surface area contributed by atoms with Crippen molar-refractivity contribution in [2.45, 2.75) is 251 Å². The van der Waals surface area contributed by atoms with E-state index in [0.717, 1.165) is 56.4 Å². The number of carbonyl (C=O) groups is 14. The maximum Gasteiger partial charge on any atom is 0.410 e. The highest BCUT2D eigenvalue weighted by Gasteiger charge is 2.46. The molecule has 1 heterocycles.